The molecule has 5 rings (SSSR count). The Labute approximate surface area is 193 Å². The highest BCUT2D eigenvalue weighted by atomic mass is 35.5. The van der Waals surface area contributed by atoms with E-state index >= 15 is 0 Å². The fraction of sp³-hybridized carbons (Fsp3) is 0.261. The van der Waals surface area contributed by atoms with Crippen LogP contribution in [0.25, 0.3) is 10.2 Å². The largest absolute Gasteiger partial charge is 0.487 e. The van der Waals surface area contributed by atoms with Crippen LogP contribution in [0.4, 0.5) is 0 Å². The third-order valence-electron chi connectivity index (χ3n) is 5.47. The highest BCUT2D eigenvalue weighted by Gasteiger charge is 2.26. The van der Waals surface area contributed by atoms with Gasteiger partial charge in [-0.15, -0.1) is 22.7 Å². The fourth-order valence-corrected chi connectivity index (χ4v) is 5.59. The maximum atomic E-state index is 12.9. The second-order valence-electron chi connectivity index (χ2n) is 7.52. The summed E-state index contributed by atoms with van der Waals surface area (Å²) in [7, 11) is 0. The Morgan fingerprint density at radius 2 is 1.97 bits per heavy atom. The van der Waals surface area contributed by atoms with Gasteiger partial charge in [-0.3, -0.25) is 4.79 Å². The number of thiazole rings is 2. The lowest BCUT2D eigenvalue weighted by Crippen LogP contribution is -2.37. The van der Waals surface area contributed by atoms with Crippen LogP contribution in [0.15, 0.2) is 53.4 Å². The predicted octanol–water partition coefficient (Wildman–Crippen LogP) is 6.01. The van der Waals surface area contributed by atoms with Gasteiger partial charge in [0.05, 0.1) is 26.4 Å². The van der Waals surface area contributed by atoms with Gasteiger partial charge in [-0.25, -0.2) is 9.97 Å². The summed E-state index contributed by atoms with van der Waals surface area (Å²) in [4.78, 5) is 23.9. The van der Waals surface area contributed by atoms with Gasteiger partial charge in [0.1, 0.15) is 12.4 Å². The molecule has 1 aliphatic rings. The molecule has 0 spiro atoms. The van der Waals surface area contributed by atoms with Gasteiger partial charge in [-0.05, 0) is 55.3 Å². The molecule has 0 radical (unpaired) electrons. The van der Waals surface area contributed by atoms with Gasteiger partial charge in [0.2, 0.25) is 0 Å². The molecule has 2 aromatic heterocycles. The summed E-state index contributed by atoms with van der Waals surface area (Å²) in [5, 5.41) is 3.82. The van der Waals surface area contributed by atoms with Crippen molar-refractivity contribution >= 4 is 50.4 Å². The monoisotopic (exact) mass is 469 g/mol. The third kappa shape index (κ3) is 4.59. The first-order chi connectivity index (χ1) is 15.2. The fourth-order valence-electron chi connectivity index (χ4n) is 3.76. The summed E-state index contributed by atoms with van der Waals surface area (Å²) in [5.41, 5.74) is 4.34. The van der Waals surface area contributed by atoms with E-state index in [4.69, 9.17) is 21.3 Å². The molecule has 2 aromatic carbocycles. The number of carbonyl (C=O) groups is 1. The van der Waals surface area contributed by atoms with Crippen LogP contribution in [0.1, 0.15) is 39.8 Å². The van der Waals surface area contributed by atoms with Gasteiger partial charge in [0.15, 0.2) is 0 Å². The molecule has 5 nitrogen and oxygen atoms in total. The minimum absolute atomic E-state index is 0.0700. The summed E-state index contributed by atoms with van der Waals surface area (Å²) < 4.78 is 6.89. The summed E-state index contributed by atoms with van der Waals surface area (Å²) in [6.07, 6.45) is 1.85. The Hall–Kier alpha value is -2.48. The molecule has 158 valence electrons. The second-order valence-corrected chi connectivity index (χ2v) is 9.74. The van der Waals surface area contributed by atoms with Crippen molar-refractivity contribution in [3.8, 4) is 5.75 Å². The first-order valence-corrected chi connectivity index (χ1v) is 12.2. The zero-order valence-electron chi connectivity index (χ0n) is 16.7. The lowest BCUT2D eigenvalue weighted by Gasteiger charge is -2.31. The number of fused-ring (bicyclic) bond motifs is 1. The number of aromatic nitrogens is 2. The number of benzene rings is 2. The van der Waals surface area contributed by atoms with Gasteiger partial charge in [-0.1, -0.05) is 11.6 Å². The van der Waals surface area contributed by atoms with Crippen LogP contribution in [-0.2, 0) is 6.61 Å². The van der Waals surface area contributed by atoms with Crippen molar-refractivity contribution in [2.45, 2.75) is 25.4 Å². The van der Waals surface area contributed by atoms with Crippen molar-refractivity contribution in [3.63, 3.8) is 0 Å². The van der Waals surface area contributed by atoms with Crippen LogP contribution in [0.2, 0.25) is 5.02 Å². The Kier molecular flexibility index (Phi) is 5.89. The van der Waals surface area contributed by atoms with Crippen molar-refractivity contribution < 1.29 is 9.53 Å². The van der Waals surface area contributed by atoms with E-state index < -0.39 is 0 Å². The third-order valence-corrected chi connectivity index (χ3v) is 7.54. The molecule has 0 aliphatic carbocycles. The number of nitrogens with zero attached hydrogens (tertiary/aromatic N) is 3. The SMILES string of the molecule is O=C(c1ccc(OCc2cscn2)cc1)N1CCC(c2nc3cc(Cl)ccc3s2)CC1. The molecule has 0 atom stereocenters. The van der Waals surface area contributed by atoms with Gasteiger partial charge >= 0.3 is 0 Å². The smallest absolute Gasteiger partial charge is 0.253 e. The topological polar surface area (TPSA) is 55.3 Å². The number of halogens is 1. The number of piperidine rings is 1. The number of carbonyl (C=O) groups excluding carboxylic acids is 1. The predicted molar refractivity (Wildman–Crippen MR) is 125 cm³/mol. The molecule has 8 heteroatoms. The number of rotatable bonds is 5. The van der Waals surface area contributed by atoms with E-state index in [2.05, 4.69) is 4.98 Å². The molecular weight excluding hydrogens is 450 g/mol. The van der Waals surface area contributed by atoms with Gasteiger partial charge in [0, 0.05) is 35.0 Å². The number of likely N-dealkylation sites (tertiary alicyclic amines) is 1. The lowest BCUT2D eigenvalue weighted by molar-refractivity contribution is 0.0713. The van der Waals surface area contributed by atoms with E-state index in [1.54, 1.807) is 28.2 Å². The van der Waals surface area contributed by atoms with E-state index in [9.17, 15) is 4.79 Å². The van der Waals surface area contributed by atoms with Crippen molar-refractivity contribution in [2.24, 2.45) is 0 Å². The second kappa shape index (κ2) is 8.94. The van der Waals surface area contributed by atoms with E-state index in [1.165, 1.54) is 0 Å². The van der Waals surface area contributed by atoms with Gasteiger partial charge in [0.25, 0.3) is 5.91 Å². The lowest BCUT2D eigenvalue weighted by atomic mass is 9.97. The number of hydrogen-bond donors (Lipinski definition) is 0. The van der Waals surface area contributed by atoms with Crippen LogP contribution < -0.4 is 4.74 Å². The molecule has 0 saturated carbocycles. The van der Waals surface area contributed by atoms with Crippen LogP contribution in [-0.4, -0.2) is 33.9 Å². The molecule has 4 aromatic rings. The van der Waals surface area contributed by atoms with Crippen molar-refractivity contribution in [3.05, 3.63) is 74.6 Å². The number of hydrogen-bond acceptors (Lipinski definition) is 6. The molecule has 0 unspecified atom stereocenters. The van der Waals surface area contributed by atoms with Crippen LogP contribution in [0, 0.1) is 0 Å². The summed E-state index contributed by atoms with van der Waals surface area (Å²) in [5.74, 6) is 1.20. The normalized spacial score (nSPS) is 14.8. The molecule has 1 aliphatic heterocycles. The molecule has 0 bridgehead atoms. The van der Waals surface area contributed by atoms with Gasteiger partial charge in [-0.2, -0.15) is 0 Å². The minimum Gasteiger partial charge on any atom is -0.487 e. The molecule has 1 saturated heterocycles. The zero-order chi connectivity index (χ0) is 21.2. The molecule has 3 heterocycles. The van der Waals surface area contributed by atoms with Crippen molar-refractivity contribution in [1.82, 2.24) is 14.9 Å². The maximum absolute atomic E-state index is 12.9. The average molecular weight is 470 g/mol. The van der Waals surface area contributed by atoms with Crippen LogP contribution in [0.5, 0.6) is 5.75 Å². The highest BCUT2D eigenvalue weighted by molar-refractivity contribution is 7.18. The number of ether oxygens (including phenoxy) is 1. The minimum atomic E-state index is 0.0700. The zero-order valence-corrected chi connectivity index (χ0v) is 19.1. The highest BCUT2D eigenvalue weighted by Crippen LogP contribution is 2.35. The Morgan fingerprint density at radius 3 is 2.71 bits per heavy atom. The first-order valence-electron chi connectivity index (χ1n) is 10.1. The Balaban J connectivity index is 1.18. The molecule has 1 fully saturated rings. The maximum Gasteiger partial charge on any atom is 0.253 e. The molecule has 31 heavy (non-hydrogen) atoms. The summed E-state index contributed by atoms with van der Waals surface area (Å²) in [6, 6.07) is 13.2. The molecule has 1 amide bonds. The Bertz CT molecular complexity index is 1180. The summed E-state index contributed by atoms with van der Waals surface area (Å²) in [6.45, 7) is 1.91. The Morgan fingerprint density at radius 1 is 1.16 bits per heavy atom. The molecular formula is C23H20ClN3O2S2. The van der Waals surface area contributed by atoms with E-state index in [0.717, 1.165) is 52.6 Å². The van der Waals surface area contributed by atoms with E-state index in [1.807, 2.05) is 52.7 Å². The molecule has 0 N–H and O–H groups in total. The van der Waals surface area contributed by atoms with E-state index in [0.29, 0.717) is 23.1 Å². The van der Waals surface area contributed by atoms with Crippen molar-refractivity contribution in [2.75, 3.05) is 13.1 Å². The first kappa shape index (κ1) is 20.4. The van der Waals surface area contributed by atoms with Crippen molar-refractivity contribution in [1.29, 1.82) is 0 Å². The van der Waals surface area contributed by atoms with E-state index in [-0.39, 0.29) is 5.91 Å². The summed E-state index contributed by atoms with van der Waals surface area (Å²) >= 11 is 9.37. The van der Waals surface area contributed by atoms with Crippen LogP contribution >= 0.6 is 34.3 Å². The van der Waals surface area contributed by atoms with Crippen LogP contribution in [0.3, 0.4) is 0 Å². The number of amides is 1. The standard InChI is InChI=1S/C23H20ClN3O2S2/c24-17-3-6-21-20(11-17)26-22(31-21)15-7-9-27(10-8-15)23(28)16-1-4-19(5-2-16)29-12-18-13-30-14-25-18/h1-6,11,13-15H,7-10,12H2. The quantitative estimate of drug-likeness (QED) is 0.359. The average Bonchev–Trinajstić information content (AvgIpc) is 3.47. The van der Waals surface area contributed by atoms with Gasteiger partial charge < -0.3 is 9.64 Å².